The Bertz CT molecular complexity index is 346. The first-order chi connectivity index (χ1) is 6.56. The summed E-state index contributed by atoms with van der Waals surface area (Å²) in [5.41, 5.74) is -0.0129. The first kappa shape index (κ1) is 11.3. The minimum Gasteiger partial charge on any atom is -0.208 e. The normalized spacial score (nSPS) is 12.9. The van der Waals surface area contributed by atoms with E-state index >= 15 is 0 Å². The molecule has 0 fully saturated rings. The van der Waals surface area contributed by atoms with E-state index in [0.717, 1.165) is 0 Å². The van der Waals surface area contributed by atoms with E-state index in [1.807, 2.05) is 0 Å². The van der Waals surface area contributed by atoms with Gasteiger partial charge < -0.3 is 0 Å². The number of hydrogen-bond donors (Lipinski definition) is 0. The molecule has 0 aliphatic heterocycles. The number of benzene rings is 1. The summed E-state index contributed by atoms with van der Waals surface area (Å²) in [7, 11) is 0. The zero-order valence-corrected chi connectivity index (χ0v) is 8.27. The molecule has 76 valence electrons. The summed E-state index contributed by atoms with van der Waals surface area (Å²) < 4.78 is 24.6. The molecule has 1 aromatic carbocycles. The van der Waals surface area contributed by atoms with Crippen LogP contribution in [0.3, 0.4) is 0 Å². The molecule has 14 heavy (non-hydrogen) atoms. The minimum absolute atomic E-state index is 0.0129. The summed E-state index contributed by atoms with van der Waals surface area (Å²) >= 11 is 11.2. The molecule has 0 saturated heterocycles. The highest BCUT2D eigenvalue weighted by Gasteiger charge is 2.25. The number of rotatable bonds is 3. The molecular weight excluding hydrogens is 235 g/mol. The largest absolute Gasteiger partial charge is 0.268 e. The van der Waals surface area contributed by atoms with E-state index in [2.05, 4.69) is 5.18 Å². The fraction of sp³-hybridized carbons (Fsp3) is 0.250. The lowest BCUT2D eigenvalue weighted by molar-refractivity contribution is 0.117. The monoisotopic (exact) mass is 239 g/mol. The SMILES string of the molecule is O=NC(c1ccc(Cl)cc1Cl)C(F)F. The Balaban J connectivity index is 3.10. The van der Waals surface area contributed by atoms with Gasteiger partial charge in [0.15, 0.2) is 6.04 Å². The van der Waals surface area contributed by atoms with Crippen LogP contribution in [0.25, 0.3) is 0 Å². The molecule has 0 radical (unpaired) electrons. The zero-order valence-electron chi connectivity index (χ0n) is 6.75. The van der Waals surface area contributed by atoms with Crippen molar-refractivity contribution < 1.29 is 8.78 Å². The predicted molar refractivity (Wildman–Crippen MR) is 51.0 cm³/mol. The summed E-state index contributed by atoms with van der Waals surface area (Å²) in [6.45, 7) is 0. The smallest absolute Gasteiger partial charge is 0.208 e. The third kappa shape index (κ3) is 2.39. The van der Waals surface area contributed by atoms with Gasteiger partial charge in [0, 0.05) is 15.6 Å². The van der Waals surface area contributed by atoms with Crippen molar-refractivity contribution in [2.24, 2.45) is 5.18 Å². The molecule has 0 aliphatic carbocycles. The Morgan fingerprint density at radius 3 is 2.36 bits per heavy atom. The summed E-state index contributed by atoms with van der Waals surface area (Å²) in [4.78, 5) is 10.2. The van der Waals surface area contributed by atoms with Crippen LogP contribution in [0.5, 0.6) is 0 Å². The van der Waals surface area contributed by atoms with Gasteiger partial charge in [-0.05, 0) is 12.1 Å². The number of nitroso groups, excluding NO2 is 1. The van der Waals surface area contributed by atoms with E-state index in [4.69, 9.17) is 23.2 Å². The fourth-order valence-electron chi connectivity index (χ4n) is 0.980. The number of halogens is 4. The minimum atomic E-state index is -2.87. The summed E-state index contributed by atoms with van der Waals surface area (Å²) in [6, 6.07) is 2.20. The fourth-order valence-corrected chi connectivity index (χ4v) is 1.50. The van der Waals surface area contributed by atoms with E-state index in [0.29, 0.717) is 5.02 Å². The summed E-state index contributed by atoms with van der Waals surface area (Å²) in [6.07, 6.45) is -2.87. The van der Waals surface area contributed by atoms with Gasteiger partial charge >= 0.3 is 0 Å². The van der Waals surface area contributed by atoms with Crippen molar-refractivity contribution >= 4 is 23.2 Å². The molecule has 0 spiro atoms. The Kier molecular flexibility index (Phi) is 3.77. The van der Waals surface area contributed by atoms with Crippen LogP contribution in [-0.2, 0) is 0 Å². The number of alkyl halides is 2. The van der Waals surface area contributed by atoms with E-state index in [1.54, 1.807) is 0 Å². The molecule has 2 nitrogen and oxygen atoms in total. The van der Waals surface area contributed by atoms with Crippen molar-refractivity contribution in [3.63, 3.8) is 0 Å². The Hall–Kier alpha value is -0.740. The molecule has 0 aliphatic rings. The first-order valence-electron chi connectivity index (χ1n) is 3.62. The predicted octanol–water partition coefficient (Wildman–Crippen LogP) is 4.07. The molecule has 0 saturated carbocycles. The average molecular weight is 240 g/mol. The molecule has 1 unspecified atom stereocenters. The molecule has 0 amide bonds. The van der Waals surface area contributed by atoms with Gasteiger partial charge in [-0.3, -0.25) is 0 Å². The van der Waals surface area contributed by atoms with Crippen molar-refractivity contribution in [2.75, 3.05) is 0 Å². The average Bonchev–Trinajstić information content (AvgIpc) is 2.09. The lowest BCUT2D eigenvalue weighted by Gasteiger charge is -2.09. The van der Waals surface area contributed by atoms with Crippen LogP contribution in [0.4, 0.5) is 8.78 Å². The molecule has 1 aromatic rings. The van der Waals surface area contributed by atoms with Crippen molar-refractivity contribution in [1.29, 1.82) is 0 Å². The standard InChI is InChI=1S/C8H5Cl2F2NO/c9-4-1-2-5(6(10)3-4)7(13-14)8(11)12/h1-3,7-8H. The third-order valence-corrected chi connectivity index (χ3v) is 2.20. The molecular formula is C8H5Cl2F2NO. The summed E-state index contributed by atoms with van der Waals surface area (Å²) in [5.74, 6) is 0. The van der Waals surface area contributed by atoms with E-state index in [-0.39, 0.29) is 10.6 Å². The van der Waals surface area contributed by atoms with Gasteiger partial charge in [-0.25, -0.2) is 8.78 Å². The van der Waals surface area contributed by atoms with Crippen molar-refractivity contribution in [1.82, 2.24) is 0 Å². The zero-order chi connectivity index (χ0) is 10.7. The molecule has 0 N–H and O–H groups in total. The van der Waals surface area contributed by atoms with Crippen molar-refractivity contribution in [3.8, 4) is 0 Å². The van der Waals surface area contributed by atoms with Crippen LogP contribution in [0.15, 0.2) is 23.4 Å². The molecule has 0 heterocycles. The highest BCUT2D eigenvalue weighted by atomic mass is 35.5. The molecule has 6 heteroatoms. The first-order valence-corrected chi connectivity index (χ1v) is 4.37. The second-order valence-corrected chi connectivity index (χ2v) is 3.39. The van der Waals surface area contributed by atoms with Gasteiger partial charge in [-0.1, -0.05) is 34.4 Å². The maximum atomic E-state index is 12.3. The van der Waals surface area contributed by atoms with Gasteiger partial charge in [-0.2, -0.15) is 0 Å². The molecule has 0 bridgehead atoms. The van der Waals surface area contributed by atoms with Crippen LogP contribution < -0.4 is 0 Å². The summed E-state index contributed by atoms with van der Waals surface area (Å²) in [5, 5.41) is 2.65. The highest BCUT2D eigenvalue weighted by Crippen LogP contribution is 2.31. The van der Waals surface area contributed by atoms with Gasteiger partial charge in [0.25, 0.3) is 6.43 Å². The van der Waals surface area contributed by atoms with Crippen LogP contribution in [-0.4, -0.2) is 6.43 Å². The van der Waals surface area contributed by atoms with Crippen LogP contribution in [0.1, 0.15) is 11.6 Å². The second-order valence-electron chi connectivity index (χ2n) is 2.55. The maximum Gasteiger partial charge on any atom is 0.268 e. The van der Waals surface area contributed by atoms with E-state index in [9.17, 15) is 13.7 Å². The topological polar surface area (TPSA) is 29.4 Å². The Labute approximate surface area is 88.8 Å². The second kappa shape index (κ2) is 4.66. The van der Waals surface area contributed by atoms with E-state index < -0.39 is 12.5 Å². The molecule has 1 atom stereocenters. The maximum absolute atomic E-state index is 12.3. The van der Waals surface area contributed by atoms with Crippen molar-refractivity contribution in [2.45, 2.75) is 12.5 Å². The quantitative estimate of drug-likeness (QED) is 0.732. The Morgan fingerprint density at radius 1 is 1.29 bits per heavy atom. The molecule has 0 aromatic heterocycles. The van der Waals surface area contributed by atoms with Gasteiger partial charge in [-0.15, -0.1) is 4.91 Å². The van der Waals surface area contributed by atoms with Crippen LogP contribution >= 0.6 is 23.2 Å². The Morgan fingerprint density at radius 2 is 1.93 bits per heavy atom. The number of hydrogen-bond acceptors (Lipinski definition) is 2. The lowest BCUT2D eigenvalue weighted by Crippen LogP contribution is -2.06. The van der Waals surface area contributed by atoms with Crippen LogP contribution in [0, 0.1) is 4.91 Å². The van der Waals surface area contributed by atoms with Crippen molar-refractivity contribution in [3.05, 3.63) is 38.7 Å². The van der Waals surface area contributed by atoms with Crippen LogP contribution in [0.2, 0.25) is 10.0 Å². The molecule has 1 rings (SSSR count). The van der Waals surface area contributed by atoms with Gasteiger partial charge in [0.2, 0.25) is 0 Å². The highest BCUT2D eigenvalue weighted by molar-refractivity contribution is 6.35. The number of nitrogens with zero attached hydrogens (tertiary/aromatic N) is 1. The lowest BCUT2D eigenvalue weighted by atomic mass is 10.1. The van der Waals surface area contributed by atoms with Gasteiger partial charge in [0.1, 0.15) is 0 Å². The van der Waals surface area contributed by atoms with Gasteiger partial charge in [0.05, 0.1) is 0 Å². The third-order valence-electron chi connectivity index (χ3n) is 1.63. The van der Waals surface area contributed by atoms with E-state index in [1.165, 1.54) is 18.2 Å².